The minimum Gasteiger partial charge on any atom is -0.326 e. The summed E-state index contributed by atoms with van der Waals surface area (Å²) in [6.45, 7) is 3.67. The summed E-state index contributed by atoms with van der Waals surface area (Å²) in [6, 6.07) is 0. The van der Waals surface area contributed by atoms with E-state index in [-0.39, 0.29) is 0 Å². The first-order valence-electron chi connectivity index (χ1n) is 5.84. The summed E-state index contributed by atoms with van der Waals surface area (Å²) in [5.41, 5.74) is 0. The first-order valence-corrected chi connectivity index (χ1v) is 5.84. The van der Waals surface area contributed by atoms with Gasteiger partial charge in [0.05, 0.1) is 12.7 Å². The van der Waals surface area contributed by atoms with E-state index in [4.69, 9.17) is 0 Å². The maximum absolute atomic E-state index is 11.6. The van der Waals surface area contributed by atoms with Gasteiger partial charge >= 0.3 is 0 Å². The lowest BCUT2D eigenvalue weighted by Crippen LogP contribution is -2.39. The number of hydrogen-bond donors (Lipinski definition) is 1. The van der Waals surface area contributed by atoms with Crippen LogP contribution in [-0.2, 0) is 4.79 Å². The van der Waals surface area contributed by atoms with Gasteiger partial charge in [0, 0.05) is 6.54 Å². The molecule has 14 heavy (non-hydrogen) atoms. The van der Waals surface area contributed by atoms with Crippen LogP contribution < -0.4 is 5.32 Å². The van der Waals surface area contributed by atoms with Crippen molar-refractivity contribution in [1.29, 1.82) is 0 Å². The smallest absolute Gasteiger partial charge is 0.237 e. The summed E-state index contributed by atoms with van der Waals surface area (Å²) in [7, 11) is 0. The quantitative estimate of drug-likeness (QED) is 0.739. The molecule has 0 radical (unpaired) electrons. The monoisotopic (exact) mass is 196 g/mol. The minimum absolute atomic E-state index is 0.295. The van der Waals surface area contributed by atoms with E-state index in [1.54, 1.807) is 0 Å². The Hall–Kier alpha value is -0.570. The second kappa shape index (κ2) is 4.30. The van der Waals surface area contributed by atoms with Gasteiger partial charge in [-0.3, -0.25) is 10.1 Å². The fraction of sp³-hybridized carbons (Fsp3) is 0.909. The number of hydrogen-bond acceptors (Lipinski definition) is 2. The van der Waals surface area contributed by atoms with Gasteiger partial charge < -0.3 is 4.90 Å². The number of carbonyl (C=O) groups excluding carboxylic acids is 1. The molecule has 1 saturated heterocycles. The Labute approximate surface area is 85.8 Å². The second-order valence-corrected chi connectivity index (χ2v) is 4.50. The van der Waals surface area contributed by atoms with Gasteiger partial charge in [-0.25, -0.2) is 0 Å². The molecule has 1 amide bonds. The third-order valence-electron chi connectivity index (χ3n) is 3.50. The molecule has 1 aliphatic carbocycles. The highest BCUT2D eigenvalue weighted by molar-refractivity contribution is 5.80. The summed E-state index contributed by atoms with van der Waals surface area (Å²) in [5.74, 6) is 1.07. The Morgan fingerprint density at radius 2 is 2.14 bits per heavy atom. The van der Waals surface area contributed by atoms with Crippen LogP contribution in [0.5, 0.6) is 0 Å². The van der Waals surface area contributed by atoms with E-state index in [2.05, 4.69) is 17.1 Å². The Morgan fingerprint density at radius 1 is 1.43 bits per heavy atom. The van der Waals surface area contributed by atoms with Crippen molar-refractivity contribution in [2.75, 3.05) is 13.1 Å². The Morgan fingerprint density at radius 3 is 2.79 bits per heavy atom. The molecule has 80 valence electrons. The molecule has 0 bridgehead atoms. The van der Waals surface area contributed by atoms with E-state index in [1.165, 1.54) is 25.7 Å². The molecule has 1 aliphatic heterocycles. The minimum atomic E-state index is 0.295. The van der Waals surface area contributed by atoms with E-state index in [9.17, 15) is 4.79 Å². The number of amides is 1. The first kappa shape index (κ1) is 9.97. The van der Waals surface area contributed by atoms with Crippen molar-refractivity contribution in [3.63, 3.8) is 0 Å². The van der Waals surface area contributed by atoms with E-state index in [1.807, 2.05) is 0 Å². The maximum atomic E-state index is 11.6. The molecule has 1 N–H and O–H groups in total. The zero-order chi connectivity index (χ0) is 9.97. The van der Waals surface area contributed by atoms with Crippen LogP contribution in [0.4, 0.5) is 0 Å². The van der Waals surface area contributed by atoms with Crippen molar-refractivity contribution in [2.45, 2.75) is 45.2 Å². The van der Waals surface area contributed by atoms with Gasteiger partial charge in [-0.05, 0) is 25.2 Å². The van der Waals surface area contributed by atoms with Crippen molar-refractivity contribution in [3.05, 3.63) is 0 Å². The predicted octanol–water partition coefficient (Wildman–Crippen LogP) is 1.34. The van der Waals surface area contributed by atoms with Crippen LogP contribution in [0.1, 0.15) is 39.0 Å². The van der Waals surface area contributed by atoms with Crippen LogP contribution in [0.15, 0.2) is 0 Å². The molecule has 1 heterocycles. The van der Waals surface area contributed by atoms with E-state index >= 15 is 0 Å². The molecule has 1 atom stereocenters. The fourth-order valence-electron chi connectivity index (χ4n) is 2.66. The second-order valence-electron chi connectivity index (χ2n) is 4.50. The van der Waals surface area contributed by atoms with Crippen molar-refractivity contribution in [2.24, 2.45) is 5.92 Å². The summed E-state index contributed by atoms with van der Waals surface area (Å²) in [6.07, 6.45) is 6.69. The SMILES string of the molecule is CCC1NCC(=O)N1CC1CCCC1. The van der Waals surface area contributed by atoms with Crippen LogP contribution >= 0.6 is 0 Å². The van der Waals surface area contributed by atoms with Gasteiger partial charge in [0.1, 0.15) is 0 Å². The van der Waals surface area contributed by atoms with Crippen molar-refractivity contribution >= 4 is 5.91 Å². The third-order valence-corrected chi connectivity index (χ3v) is 3.50. The molecule has 0 aromatic heterocycles. The molecule has 1 unspecified atom stereocenters. The topological polar surface area (TPSA) is 32.3 Å². The third kappa shape index (κ3) is 1.92. The number of nitrogens with one attached hydrogen (secondary N) is 1. The first-order chi connectivity index (χ1) is 6.81. The lowest BCUT2D eigenvalue weighted by atomic mass is 10.1. The van der Waals surface area contributed by atoms with Crippen LogP contribution in [0, 0.1) is 5.92 Å². The molecule has 2 rings (SSSR count). The Balaban J connectivity index is 1.90. The molecule has 3 nitrogen and oxygen atoms in total. The molecule has 0 aromatic carbocycles. The molecular weight excluding hydrogens is 176 g/mol. The zero-order valence-electron chi connectivity index (χ0n) is 8.96. The maximum Gasteiger partial charge on any atom is 0.237 e. The van der Waals surface area contributed by atoms with Gasteiger partial charge in [0.25, 0.3) is 0 Å². The lowest BCUT2D eigenvalue weighted by Gasteiger charge is -2.26. The Bertz CT molecular complexity index is 211. The van der Waals surface area contributed by atoms with Gasteiger partial charge in [0.15, 0.2) is 0 Å². The number of rotatable bonds is 3. The summed E-state index contributed by atoms with van der Waals surface area (Å²) >= 11 is 0. The molecule has 2 fully saturated rings. The van der Waals surface area contributed by atoms with E-state index in [0.717, 1.165) is 18.9 Å². The molecule has 0 spiro atoms. The molecule has 0 aromatic rings. The highest BCUT2D eigenvalue weighted by atomic mass is 16.2. The van der Waals surface area contributed by atoms with Gasteiger partial charge in [-0.2, -0.15) is 0 Å². The van der Waals surface area contributed by atoms with Crippen molar-refractivity contribution < 1.29 is 4.79 Å². The fourth-order valence-corrected chi connectivity index (χ4v) is 2.66. The van der Waals surface area contributed by atoms with Crippen LogP contribution in [0.25, 0.3) is 0 Å². The lowest BCUT2D eigenvalue weighted by molar-refractivity contribution is -0.128. The summed E-state index contributed by atoms with van der Waals surface area (Å²) in [5, 5.41) is 3.26. The highest BCUT2D eigenvalue weighted by Crippen LogP contribution is 2.26. The van der Waals surface area contributed by atoms with Crippen molar-refractivity contribution in [3.8, 4) is 0 Å². The molecule has 1 saturated carbocycles. The standard InChI is InChI=1S/C11H20N2O/c1-2-10-12-7-11(14)13(10)8-9-5-3-4-6-9/h9-10,12H,2-8H2,1H3. The summed E-state index contributed by atoms with van der Waals surface area (Å²) in [4.78, 5) is 13.6. The number of nitrogens with zero attached hydrogens (tertiary/aromatic N) is 1. The normalized spacial score (nSPS) is 29.1. The van der Waals surface area contributed by atoms with Crippen LogP contribution in [-0.4, -0.2) is 30.1 Å². The zero-order valence-corrected chi connectivity index (χ0v) is 8.96. The number of carbonyl (C=O) groups is 1. The average molecular weight is 196 g/mol. The molecular formula is C11H20N2O. The Kier molecular flexibility index (Phi) is 3.06. The molecule has 3 heteroatoms. The van der Waals surface area contributed by atoms with Crippen molar-refractivity contribution in [1.82, 2.24) is 10.2 Å². The predicted molar refractivity (Wildman–Crippen MR) is 55.8 cm³/mol. The largest absolute Gasteiger partial charge is 0.326 e. The van der Waals surface area contributed by atoms with Gasteiger partial charge in [0.2, 0.25) is 5.91 Å². The van der Waals surface area contributed by atoms with Gasteiger partial charge in [-0.15, -0.1) is 0 Å². The highest BCUT2D eigenvalue weighted by Gasteiger charge is 2.31. The van der Waals surface area contributed by atoms with Crippen LogP contribution in [0.3, 0.4) is 0 Å². The van der Waals surface area contributed by atoms with E-state index in [0.29, 0.717) is 18.6 Å². The average Bonchev–Trinajstić information content (AvgIpc) is 2.79. The van der Waals surface area contributed by atoms with Gasteiger partial charge in [-0.1, -0.05) is 19.8 Å². The van der Waals surface area contributed by atoms with E-state index < -0.39 is 0 Å². The summed E-state index contributed by atoms with van der Waals surface area (Å²) < 4.78 is 0. The van der Waals surface area contributed by atoms with Crippen LogP contribution in [0.2, 0.25) is 0 Å². The molecule has 2 aliphatic rings.